The Bertz CT molecular complexity index is 1080. The van der Waals surface area contributed by atoms with E-state index in [0.29, 0.717) is 6.61 Å². The summed E-state index contributed by atoms with van der Waals surface area (Å²) in [6, 6.07) is 23.8. The lowest BCUT2D eigenvalue weighted by molar-refractivity contribution is 0.154. The molecule has 0 saturated carbocycles. The van der Waals surface area contributed by atoms with Crippen LogP contribution in [0.2, 0.25) is 0 Å². The van der Waals surface area contributed by atoms with Crippen LogP contribution in [0.1, 0.15) is 6.92 Å². The number of fused-ring (bicyclic) bond motifs is 2. The number of aromatic nitrogens is 1. The van der Waals surface area contributed by atoms with E-state index in [1.807, 2.05) is 60.7 Å². The number of hydrogen-bond acceptors (Lipinski definition) is 5. The predicted octanol–water partition coefficient (Wildman–Crippen LogP) is 5.63. The van der Waals surface area contributed by atoms with Crippen molar-refractivity contribution in [3.8, 4) is 0 Å². The molecular formula is C22H21ClN4O2. The maximum Gasteiger partial charge on any atom is 0.425 e. The second kappa shape index (κ2) is 9.12. The SMILES string of the molecule is CCOC(=O)NNc1ccc(Nc2c3ccccc3nc3ccccc23)cc1.Cl. The number of hydrazine groups is 1. The van der Waals surface area contributed by atoms with Crippen molar-refractivity contribution in [3.63, 3.8) is 0 Å². The molecule has 0 unspecified atom stereocenters. The predicted molar refractivity (Wildman–Crippen MR) is 120 cm³/mol. The van der Waals surface area contributed by atoms with E-state index in [-0.39, 0.29) is 12.4 Å². The van der Waals surface area contributed by atoms with Gasteiger partial charge < -0.3 is 10.1 Å². The van der Waals surface area contributed by atoms with Gasteiger partial charge in [0.05, 0.1) is 29.0 Å². The summed E-state index contributed by atoms with van der Waals surface area (Å²) in [6.45, 7) is 2.08. The molecule has 0 bridgehead atoms. The van der Waals surface area contributed by atoms with Gasteiger partial charge in [-0.15, -0.1) is 12.4 Å². The summed E-state index contributed by atoms with van der Waals surface area (Å²) in [5.74, 6) is 0. The second-order valence-electron chi connectivity index (χ2n) is 6.19. The molecule has 0 aliphatic heterocycles. The highest BCUT2D eigenvalue weighted by Gasteiger charge is 2.09. The fourth-order valence-electron chi connectivity index (χ4n) is 3.05. The van der Waals surface area contributed by atoms with E-state index in [1.165, 1.54) is 0 Å². The van der Waals surface area contributed by atoms with Crippen molar-refractivity contribution in [1.82, 2.24) is 10.4 Å². The Morgan fingerprint density at radius 1 is 0.862 bits per heavy atom. The molecule has 0 aliphatic carbocycles. The van der Waals surface area contributed by atoms with Crippen molar-refractivity contribution < 1.29 is 9.53 Å². The normalized spacial score (nSPS) is 10.2. The van der Waals surface area contributed by atoms with Crippen LogP contribution in [0.15, 0.2) is 72.8 Å². The minimum atomic E-state index is -0.514. The highest BCUT2D eigenvalue weighted by Crippen LogP contribution is 2.33. The van der Waals surface area contributed by atoms with Crippen LogP contribution >= 0.6 is 12.4 Å². The number of anilines is 3. The number of pyridine rings is 1. The molecule has 4 rings (SSSR count). The smallest absolute Gasteiger partial charge is 0.425 e. The molecule has 1 amide bonds. The molecule has 3 N–H and O–H groups in total. The lowest BCUT2D eigenvalue weighted by Gasteiger charge is -2.14. The van der Waals surface area contributed by atoms with E-state index >= 15 is 0 Å². The number of carbonyl (C=O) groups is 1. The minimum absolute atomic E-state index is 0. The Morgan fingerprint density at radius 2 is 1.41 bits per heavy atom. The third kappa shape index (κ3) is 4.50. The fourth-order valence-corrected chi connectivity index (χ4v) is 3.05. The van der Waals surface area contributed by atoms with Crippen LogP contribution in [0.5, 0.6) is 0 Å². The summed E-state index contributed by atoms with van der Waals surface area (Å²) >= 11 is 0. The summed E-state index contributed by atoms with van der Waals surface area (Å²) in [5.41, 5.74) is 9.89. The first-order valence-corrected chi connectivity index (χ1v) is 9.08. The van der Waals surface area contributed by atoms with Gasteiger partial charge in [0.15, 0.2) is 0 Å². The van der Waals surface area contributed by atoms with Gasteiger partial charge >= 0.3 is 6.09 Å². The molecule has 7 heteroatoms. The standard InChI is InChI=1S/C22H20N4O2.ClH/c1-2-28-22(27)26-25-16-13-11-15(12-14-16)23-21-17-7-3-5-9-19(17)24-20-10-6-4-8-18(20)21;/h3-14,25H,2H2,1H3,(H,23,24)(H,26,27);1H. The Hall–Kier alpha value is -3.51. The van der Waals surface area contributed by atoms with Crippen molar-refractivity contribution in [2.24, 2.45) is 0 Å². The molecule has 0 aliphatic rings. The van der Waals surface area contributed by atoms with Gasteiger partial charge in [-0.05, 0) is 43.3 Å². The molecule has 1 aromatic heterocycles. The lowest BCUT2D eigenvalue weighted by Crippen LogP contribution is -2.29. The zero-order valence-corrected chi connectivity index (χ0v) is 16.6. The average Bonchev–Trinajstić information content (AvgIpc) is 2.73. The number of rotatable bonds is 5. The van der Waals surface area contributed by atoms with Gasteiger partial charge in [0.2, 0.25) is 0 Å². The van der Waals surface area contributed by atoms with Crippen molar-refractivity contribution in [2.75, 3.05) is 17.3 Å². The molecule has 29 heavy (non-hydrogen) atoms. The number of para-hydroxylation sites is 2. The number of nitrogens with one attached hydrogen (secondary N) is 3. The second-order valence-corrected chi connectivity index (χ2v) is 6.19. The largest absolute Gasteiger partial charge is 0.449 e. The van der Waals surface area contributed by atoms with Gasteiger partial charge in [0, 0.05) is 16.5 Å². The van der Waals surface area contributed by atoms with Gasteiger partial charge in [-0.3, -0.25) is 5.43 Å². The summed E-state index contributed by atoms with van der Waals surface area (Å²) in [5, 5.41) is 5.65. The van der Waals surface area contributed by atoms with E-state index in [9.17, 15) is 4.79 Å². The topological polar surface area (TPSA) is 75.3 Å². The molecular weight excluding hydrogens is 388 g/mol. The molecule has 4 aromatic rings. The monoisotopic (exact) mass is 408 g/mol. The van der Waals surface area contributed by atoms with Gasteiger partial charge in [0.1, 0.15) is 0 Å². The number of carbonyl (C=O) groups excluding carboxylic acids is 1. The Labute approximate surface area is 174 Å². The molecule has 0 saturated heterocycles. The molecule has 6 nitrogen and oxygen atoms in total. The highest BCUT2D eigenvalue weighted by atomic mass is 35.5. The minimum Gasteiger partial charge on any atom is -0.449 e. The Kier molecular flexibility index (Phi) is 6.36. The average molecular weight is 409 g/mol. The maximum absolute atomic E-state index is 11.4. The van der Waals surface area contributed by atoms with Crippen molar-refractivity contribution >= 4 is 57.4 Å². The highest BCUT2D eigenvalue weighted by molar-refractivity contribution is 6.08. The van der Waals surface area contributed by atoms with E-state index < -0.39 is 6.09 Å². The van der Waals surface area contributed by atoms with Gasteiger partial charge in [-0.25, -0.2) is 15.2 Å². The van der Waals surface area contributed by atoms with E-state index in [2.05, 4.69) is 28.3 Å². The van der Waals surface area contributed by atoms with Crippen LogP contribution < -0.4 is 16.2 Å². The molecule has 0 fully saturated rings. The van der Waals surface area contributed by atoms with Crippen LogP contribution in [0.4, 0.5) is 21.9 Å². The number of amides is 1. The van der Waals surface area contributed by atoms with Crippen molar-refractivity contribution in [2.45, 2.75) is 6.92 Å². The third-order valence-corrected chi connectivity index (χ3v) is 4.33. The van der Waals surface area contributed by atoms with E-state index in [1.54, 1.807) is 6.92 Å². The number of hydrogen-bond donors (Lipinski definition) is 3. The lowest BCUT2D eigenvalue weighted by atomic mass is 10.1. The van der Waals surface area contributed by atoms with E-state index in [4.69, 9.17) is 9.72 Å². The van der Waals surface area contributed by atoms with Crippen molar-refractivity contribution in [1.29, 1.82) is 0 Å². The number of nitrogens with zero attached hydrogens (tertiary/aromatic N) is 1. The first-order valence-electron chi connectivity index (χ1n) is 9.08. The van der Waals surface area contributed by atoms with Crippen LogP contribution in [0.3, 0.4) is 0 Å². The van der Waals surface area contributed by atoms with Crippen molar-refractivity contribution in [3.05, 3.63) is 72.8 Å². The zero-order valence-electron chi connectivity index (χ0n) is 15.8. The van der Waals surface area contributed by atoms with Crippen LogP contribution in [-0.4, -0.2) is 17.7 Å². The molecule has 1 heterocycles. The van der Waals surface area contributed by atoms with Crippen LogP contribution in [-0.2, 0) is 4.74 Å². The third-order valence-electron chi connectivity index (χ3n) is 4.33. The molecule has 0 spiro atoms. The summed E-state index contributed by atoms with van der Waals surface area (Å²) < 4.78 is 4.82. The Morgan fingerprint density at radius 3 is 2.00 bits per heavy atom. The number of benzene rings is 3. The fraction of sp³-hybridized carbons (Fsp3) is 0.0909. The summed E-state index contributed by atoms with van der Waals surface area (Å²) in [7, 11) is 0. The van der Waals surface area contributed by atoms with Gasteiger partial charge in [0.25, 0.3) is 0 Å². The summed E-state index contributed by atoms with van der Waals surface area (Å²) in [4.78, 5) is 16.1. The molecule has 3 aromatic carbocycles. The first kappa shape index (κ1) is 20.2. The number of halogens is 1. The maximum atomic E-state index is 11.4. The molecule has 0 radical (unpaired) electrons. The molecule has 148 valence electrons. The first-order chi connectivity index (χ1) is 13.7. The number of ether oxygens (including phenoxy) is 1. The zero-order chi connectivity index (χ0) is 19.3. The van der Waals surface area contributed by atoms with Gasteiger partial charge in [-0.1, -0.05) is 36.4 Å². The quantitative estimate of drug-likeness (QED) is 0.295. The van der Waals surface area contributed by atoms with E-state index in [0.717, 1.165) is 38.9 Å². The van der Waals surface area contributed by atoms with Crippen LogP contribution in [0.25, 0.3) is 21.8 Å². The Balaban J connectivity index is 0.00000240. The molecule has 0 atom stereocenters. The summed E-state index contributed by atoms with van der Waals surface area (Å²) in [6.07, 6.45) is -0.514. The van der Waals surface area contributed by atoms with Crippen LogP contribution in [0, 0.1) is 0 Å². The van der Waals surface area contributed by atoms with Gasteiger partial charge in [-0.2, -0.15) is 0 Å².